The van der Waals surface area contributed by atoms with E-state index in [0.717, 1.165) is 5.22 Å². The maximum atomic E-state index is 8.97. The van der Waals surface area contributed by atoms with Gasteiger partial charge in [-0.15, -0.1) is 0 Å². The van der Waals surface area contributed by atoms with Crippen molar-refractivity contribution in [1.82, 2.24) is 4.98 Å². The van der Waals surface area contributed by atoms with Gasteiger partial charge in [0.15, 0.2) is 0 Å². The van der Waals surface area contributed by atoms with E-state index in [1.807, 2.05) is 0 Å². The van der Waals surface area contributed by atoms with E-state index in [4.69, 9.17) is 5.11 Å². The van der Waals surface area contributed by atoms with Crippen LogP contribution in [0.3, 0.4) is 0 Å². The lowest BCUT2D eigenvalue weighted by atomic mass is 10.3. The van der Waals surface area contributed by atoms with Crippen molar-refractivity contribution in [2.24, 2.45) is 0 Å². The first-order chi connectivity index (χ1) is 4.70. The summed E-state index contributed by atoms with van der Waals surface area (Å²) in [5, 5.41) is 10.4. The Bertz CT molecular complexity index is 302. The molecule has 0 fully saturated rings. The molecular formula is C8H9NO. The lowest BCUT2D eigenvalue weighted by Crippen LogP contribution is -2.12. The lowest BCUT2D eigenvalue weighted by molar-refractivity contribution is 0.498. The Balaban J connectivity index is 3.39. The second kappa shape index (κ2) is 2.52. The van der Waals surface area contributed by atoms with Gasteiger partial charge in [0.05, 0.1) is 11.1 Å². The molecule has 0 bridgehead atoms. The molecule has 0 saturated carbocycles. The number of aliphatic hydroxyl groups is 1. The van der Waals surface area contributed by atoms with E-state index in [9.17, 15) is 0 Å². The second-order valence-corrected chi connectivity index (χ2v) is 2.12. The van der Waals surface area contributed by atoms with Gasteiger partial charge in [0.2, 0.25) is 0 Å². The summed E-state index contributed by atoms with van der Waals surface area (Å²) in [5.41, 5.74) is 0. The molecule has 1 aromatic rings. The van der Waals surface area contributed by atoms with Crippen molar-refractivity contribution in [3.63, 3.8) is 0 Å². The Morgan fingerprint density at radius 1 is 1.60 bits per heavy atom. The third-order valence-electron chi connectivity index (χ3n) is 1.24. The summed E-state index contributed by atoms with van der Waals surface area (Å²) in [6.07, 6.45) is 1.59. The second-order valence-electron chi connectivity index (χ2n) is 2.12. The molecule has 0 aromatic carbocycles. The highest BCUT2D eigenvalue weighted by Gasteiger charge is 1.82. The summed E-state index contributed by atoms with van der Waals surface area (Å²) in [6, 6.07) is 3.54. The van der Waals surface area contributed by atoms with E-state index in [1.165, 1.54) is 0 Å². The highest BCUT2D eigenvalue weighted by Crippen LogP contribution is 1.76. The summed E-state index contributed by atoms with van der Waals surface area (Å²) in [5.74, 6) is 0.285. The summed E-state index contributed by atoms with van der Waals surface area (Å²) >= 11 is 0. The van der Waals surface area contributed by atoms with Gasteiger partial charge in [-0.2, -0.15) is 0 Å². The zero-order valence-electron chi connectivity index (χ0n) is 5.83. The molecule has 1 N–H and O–H groups in total. The molecule has 0 amide bonds. The molecule has 0 aliphatic carbocycles. The quantitative estimate of drug-likeness (QED) is 0.550. The third-order valence-corrected chi connectivity index (χ3v) is 1.24. The molecule has 1 heterocycles. The summed E-state index contributed by atoms with van der Waals surface area (Å²) in [4.78, 5) is 3.91. The van der Waals surface area contributed by atoms with Gasteiger partial charge in [-0.3, -0.25) is 4.98 Å². The van der Waals surface area contributed by atoms with Crippen molar-refractivity contribution in [2.45, 2.75) is 6.92 Å². The van der Waals surface area contributed by atoms with Gasteiger partial charge in [-0.25, -0.2) is 0 Å². The van der Waals surface area contributed by atoms with E-state index in [-0.39, 0.29) is 5.76 Å². The number of aliphatic hydroxyl groups excluding tert-OH is 1. The summed E-state index contributed by atoms with van der Waals surface area (Å²) in [7, 11) is 0. The third kappa shape index (κ3) is 1.35. The van der Waals surface area contributed by atoms with Crippen LogP contribution in [0.5, 0.6) is 0 Å². The fourth-order valence-corrected chi connectivity index (χ4v) is 0.639. The van der Waals surface area contributed by atoms with Crippen LogP contribution in [0.1, 0.15) is 6.92 Å². The van der Waals surface area contributed by atoms with E-state index >= 15 is 0 Å². The molecule has 0 atom stereocenters. The average molecular weight is 135 g/mol. The Kier molecular flexibility index (Phi) is 1.71. The minimum absolute atomic E-state index is 0.285. The average Bonchev–Trinajstić information content (AvgIpc) is 1.88. The van der Waals surface area contributed by atoms with E-state index in [0.29, 0.717) is 5.35 Å². The molecule has 0 aliphatic rings. The Morgan fingerprint density at radius 3 is 2.70 bits per heavy atom. The standard InChI is InChI=1S/C8H9NO/c1-6-3-4-8(5-9-6)7(2)10/h3-5,10H,1H2,2H3/b8-7+. The molecule has 2 heteroatoms. The maximum absolute atomic E-state index is 8.97. The van der Waals surface area contributed by atoms with Gasteiger partial charge in [0.1, 0.15) is 0 Å². The normalized spacial score (nSPS) is 12.9. The Morgan fingerprint density at radius 2 is 2.30 bits per heavy atom. The minimum atomic E-state index is 0.285. The molecule has 0 saturated heterocycles. The van der Waals surface area contributed by atoms with Crippen LogP contribution in [0.2, 0.25) is 0 Å². The van der Waals surface area contributed by atoms with Crippen LogP contribution in [0.15, 0.2) is 18.3 Å². The molecule has 0 aliphatic heterocycles. The topological polar surface area (TPSA) is 33.1 Å². The molecule has 10 heavy (non-hydrogen) atoms. The number of pyridine rings is 1. The fourth-order valence-electron chi connectivity index (χ4n) is 0.639. The van der Waals surface area contributed by atoms with Crippen LogP contribution in [0.4, 0.5) is 0 Å². The van der Waals surface area contributed by atoms with Gasteiger partial charge in [-0.05, 0) is 19.1 Å². The van der Waals surface area contributed by atoms with Crippen molar-refractivity contribution in [1.29, 1.82) is 0 Å². The Hall–Kier alpha value is -1.31. The van der Waals surface area contributed by atoms with E-state index in [2.05, 4.69) is 11.6 Å². The SMILES string of the molecule is C=c1cc/c(=C(/C)O)cn1. The molecule has 0 unspecified atom stereocenters. The predicted octanol–water partition coefficient (Wildman–Crippen LogP) is 0.178. The monoisotopic (exact) mass is 135 g/mol. The number of aromatic nitrogens is 1. The van der Waals surface area contributed by atoms with Crippen LogP contribution in [-0.4, -0.2) is 10.1 Å². The van der Waals surface area contributed by atoms with Crippen LogP contribution in [0, 0.1) is 0 Å². The van der Waals surface area contributed by atoms with Gasteiger partial charge in [0.25, 0.3) is 0 Å². The molecule has 1 aromatic heterocycles. The minimum Gasteiger partial charge on any atom is -0.512 e. The maximum Gasteiger partial charge on any atom is 0.0979 e. The highest BCUT2D eigenvalue weighted by atomic mass is 16.3. The van der Waals surface area contributed by atoms with Crippen LogP contribution in [-0.2, 0) is 0 Å². The molecule has 1 rings (SSSR count). The first-order valence-electron chi connectivity index (χ1n) is 3.01. The predicted molar refractivity (Wildman–Crippen MR) is 40.7 cm³/mol. The van der Waals surface area contributed by atoms with Gasteiger partial charge < -0.3 is 5.11 Å². The summed E-state index contributed by atoms with van der Waals surface area (Å²) < 4.78 is 0. The molecule has 2 nitrogen and oxygen atoms in total. The largest absolute Gasteiger partial charge is 0.512 e. The molecule has 52 valence electrons. The highest BCUT2D eigenvalue weighted by molar-refractivity contribution is 5.29. The summed E-state index contributed by atoms with van der Waals surface area (Å²) in [6.45, 7) is 5.24. The zero-order valence-corrected chi connectivity index (χ0v) is 5.83. The van der Waals surface area contributed by atoms with Crippen LogP contribution < -0.4 is 10.6 Å². The first-order valence-corrected chi connectivity index (χ1v) is 3.01. The number of rotatable bonds is 0. The first kappa shape index (κ1) is 6.81. The molecular weight excluding hydrogens is 126 g/mol. The smallest absolute Gasteiger partial charge is 0.0979 e. The van der Waals surface area contributed by atoms with Crippen molar-refractivity contribution in [2.75, 3.05) is 0 Å². The van der Waals surface area contributed by atoms with E-state index < -0.39 is 0 Å². The Labute approximate surface area is 59.2 Å². The fraction of sp³-hybridized carbons (Fsp3) is 0.125. The number of hydrogen-bond donors (Lipinski definition) is 1. The number of nitrogens with zero attached hydrogens (tertiary/aromatic N) is 1. The van der Waals surface area contributed by atoms with Crippen molar-refractivity contribution in [3.8, 4) is 0 Å². The molecule has 0 spiro atoms. The molecule has 0 radical (unpaired) electrons. The van der Waals surface area contributed by atoms with Crippen molar-refractivity contribution >= 4 is 12.3 Å². The van der Waals surface area contributed by atoms with Gasteiger partial charge in [-0.1, -0.05) is 6.58 Å². The van der Waals surface area contributed by atoms with Gasteiger partial charge in [0, 0.05) is 11.4 Å². The van der Waals surface area contributed by atoms with Gasteiger partial charge >= 0.3 is 0 Å². The van der Waals surface area contributed by atoms with Crippen molar-refractivity contribution < 1.29 is 5.11 Å². The number of hydrogen-bond acceptors (Lipinski definition) is 2. The van der Waals surface area contributed by atoms with E-state index in [1.54, 1.807) is 25.3 Å². The van der Waals surface area contributed by atoms with Crippen LogP contribution >= 0.6 is 0 Å². The lowest BCUT2D eigenvalue weighted by Gasteiger charge is -1.87. The zero-order chi connectivity index (χ0) is 7.56. The van der Waals surface area contributed by atoms with Crippen LogP contribution in [0.25, 0.3) is 12.3 Å². The van der Waals surface area contributed by atoms with Crippen molar-refractivity contribution in [3.05, 3.63) is 28.9 Å².